The summed E-state index contributed by atoms with van der Waals surface area (Å²) in [4.78, 5) is 12.3. The molecule has 0 aliphatic heterocycles. The van der Waals surface area contributed by atoms with Gasteiger partial charge < -0.3 is 5.11 Å². The Balaban J connectivity index is 1.63. The Labute approximate surface area is 128 Å². The predicted molar refractivity (Wildman–Crippen MR) is 82.7 cm³/mol. The molecule has 4 aliphatic carbocycles. The Bertz CT molecular complexity index is 504. The van der Waals surface area contributed by atoms with E-state index in [0.29, 0.717) is 17.6 Å². The van der Waals surface area contributed by atoms with Gasteiger partial charge in [-0.3, -0.25) is 4.79 Å². The van der Waals surface area contributed by atoms with Gasteiger partial charge in [-0.15, -0.1) is 0 Å². The summed E-state index contributed by atoms with van der Waals surface area (Å²) in [6, 6.07) is 0. The highest BCUT2D eigenvalue weighted by molar-refractivity contribution is 5.87. The summed E-state index contributed by atoms with van der Waals surface area (Å²) in [6.07, 6.45) is 10.8. The highest BCUT2D eigenvalue weighted by atomic mass is 16.3. The number of aliphatic hydroxyl groups is 1. The van der Waals surface area contributed by atoms with Crippen molar-refractivity contribution in [3.63, 3.8) is 0 Å². The Morgan fingerprint density at radius 2 is 1.95 bits per heavy atom. The van der Waals surface area contributed by atoms with E-state index in [4.69, 9.17) is 0 Å². The Kier molecular flexibility index (Phi) is 2.96. The number of carbonyl (C=O) groups is 1. The zero-order valence-corrected chi connectivity index (χ0v) is 13.4. The second-order valence-electron chi connectivity index (χ2n) is 8.69. The minimum absolute atomic E-state index is 0.00727. The molecular formula is C19H28O2. The first-order chi connectivity index (χ1) is 9.91. The molecule has 2 heteroatoms. The Hall–Kier alpha value is -0.630. The van der Waals surface area contributed by atoms with Crippen LogP contribution in [0.2, 0.25) is 0 Å². The van der Waals surface area contributed by atoms with E-state index >= 15 is 0 Å². The summed E-state index contributed by atoms with van der Waals surface area (Å²) in [5.74, 6) is 3.37. The molecule has 1 N–H and O–H groups in total. The number of allylic oxidation sites excluding steroid dienone is 1. The molecule has 116 valence electrons. The maximum Gasteiger partial charge on any atom is 0.139 e. The molecule has 4 aliphatic rings. The van der Waals surface area contributed by atoms with Gasteiger partial charge in [-0.05, 0) is 75.5 Å². The zero-order valence-electron chi connectivity index (χ0n) is 13.4. The van der Waals surface area contributed by atoms with Crippen molar-refractivity contribution in [1.82, 2.24) is 0 Å². The maximum atomic E-state index is 12.3. The summed E-state index contributed by atoms with van der Waals surface area (Å²) in [5.41, 5.74) is 1.04. The second kappa shape index (κ2) is 4.44. The molecule has 2 nitrogen and oxygen atoms in total. The Morgan fingerprint density at radius 1 is 1.14 bits per heavy atom. The smallest absolute Gasteiger partial charge is 0.139 e. The largest absolute Gasteiger partial charge is 0.390 e. The molecule has 0 aromatic heterocycles. The third kappa shape index (κ3) is 1.98. The number of ketones is 1. The molecule has 21 heavy (non-hydrogen) atoms. The first kappa shape index (κ1) is 14.0. The van der Waals surface area contributed by atoms with Gasteiger partial charge in [0, 0.05) is 11.8 Å². The average molecular weight is 288 g/mol. The van der Waals surface area contributed by atoms with E-state index in [2.05, 4.69) is 13.0 Å². The van der Waals surface area contributed by atoms with Crippen molar-refractivity contribution in [3.8, 4) is 0 Å². The van der Waals surface area contributed by atoms with Crippen LogP contribution in [0.15, 0.2) is 11.6 Å². The van der Waals surface area contributed by atoms with E-state index < -0.39 is 5.60 Å². The van der Waals surface area contributed by atoms with Crippen molar-refractivity contribution in [2.24, 2.45) is 29.1 Å². The van der Waals surface area contributed by atoms with Gasteiger partial charge in [-0.25, -0.2) is 0 Å². The van der Waals surface area contributed by atoms with Gasteiger partial charge in [0.15, 0.2) is 0 Å². The topological polar surface area (TPSA) is 37.3 Å². The van der Waals surface area contributed by atoms with Crippen LogP contribution in [0.25, 0.3) is 0 Å². The van der Waals surface area contributed by atoms with E-state index in [9.17, 15) is 9.90 Å². The summed E-state index contributed by atoms with van der Waals surface area (Å²) in [7, 11) is 0. The fourth-order valence-electron chi connectivity index (χ4n) is 6.24. The van der Waals surface area contributed by atoms with E-state index in [0.717, 1.165) is 56.8 Å². The van der Waals surface area contributed by atoms with Crippen LogP contribution < -0.4 is 0 Å². The summed E-state index contributed by atoms with van der Waals surface area (Å²) < 4.78 is 0. The molecule has 0 unspecified atom stereocenters. The lowest BCUT2D eigenvalue weighted by Crippen LogP contribution is -2.47. The van der Waals surface area contributed by atoms with E-state index in [1.54, 1.807) is 0 Å². The number of hydrogen-bond acceptors (Lipinski definition) is 2. The van der Waals surface area contributed by atoms with Crippen LogP contribution >= 0.6 is 0 Å². The van der Waals surface area contributed by atoms with Gasteiger partial charge in [0.1, 0.15) is 5.78 Å². The minimum atomic E-state index is -0.484. The van der Waals surface area contributed by atoms with Gasteiger partial charge >= 0.3 is 0 Å². The lowest BCUT2D eigenvalue weighted by Gasteiger charge is -2.52. The first-order valence-electron chi connectivity index (χ1n) is 8.85. The molecule has 4 rings (SSSR count). The van der Waals surface area contributed by atoms with Crippen LogP contribution in [-0.2, 0) is 4.79 Å². The maximum absolute atomic E-state index is 12.3. The van der Waals surface area contributed by atoms with Crippen LogP contribution in [0.3, 0.4) is 0 Å². The molecule has 0 heterocycles. The molecule has 0 saturated heterocycles. The number of fused-ring (bicyclic) bond motifs is 5. The quantitative estimate of drug-likeness (QED) is 0.687. The molecule has 3 saturated carbocycles. The van der Waals surface area contributed by atoms with Gasteiger partial charge in [0.05, 0.1) is 5.60 Å². The summed E-state index contributed by atoms with van der Waals surface area (Å²) in [5, 5.41) is 10.3. The number of carbonyl (C=O) groups excluding carboxylic acids is 1. The molecule has 0 amide bonds. The van der Waals surface area contributed by atoms with E-state index in [-0.39, 0.29) is 5.41 Å². The van der Waals surface area contributed by atoms with Gasteiger partial charge in [-0.2, -0.15) is 0 Å². The van der Waals surface area contributed by atoms with E-state index in [1.165, 1.54) is 12.0 Å². The van der Waals surface area contributed by atoms with Crippen LogP contribution in [0.4, 0.5) is 0 Å². The normalized spacial score (nSPS) is 52.7. The van der Waals surface area contributed by atoms with Gasteiger partial charge in [-0.1, -0.05) is 18.6 Å². The van der Waals surface area contributed by atoms with Crippen molar-refractivity contribution >= 4 is 5.78 Å². The third-order valence-corrected chi connectivity index (χ3v) is 7.43. The molecule has 6 atom stereocenters. The number of hydrogen-bond donors (Lipinski definition) is 1. The molecule has 0 aromatic carbocycles. The summed E-state index contributed by atoms with van der Waals surface area (Å²) in [6.45, 7) is 4.23. The monoisotopic (exact) mass is 288 g/mol. The van der Waals surface area contributed by atoms with Gasteiger partial charge in [0.25, 0.3) is 0 Å². The van der Waals surface area contributed by atoms with Crippen LogP contribution in [0.5, 0.6) is 0 Å². The fourth-order valence-corrected chi connectivity index (χ4v) is 6.24. The van der Waals surface area contributed by atoms with Crippen LogP contribution in [0, 0.1) is 29.1 Å². The predicted octanol–water partition coefficient (Wildman–Crippen LogP) is 3.88. The van der Waals surface area contributed by atoms with Crippen LogP contribution in [0.1, 0.15) is 65.2 Å². The lowest BCUT2D eigenvalue weighted by atomic mass is 9.52. The fraction of sp³-hybridized carbons (Fsp3) is 0.842. The molecule has 3 fully saturated rings. The molecular weight excluding hydrogens is 260 g/mol. The number of Topliss-reactive ketones (excluding diaryl/α,β-unsaturated/α-hetero) is 1. The minimum Gasteiger partial charge on any atom is -0.390 e. The Morgan fingerprint density at radius 3 is 2.76 bits per heavy atom. The SMILES string of the molecule is C[C@]1(O)CC[C@H]2C(=CC[C@@H]3[C@@H]2CC[C@]2(C)C(=O)CC[C@@H]32)C1. The zero-order chi connectivity index (χ0) is 14.8. The average Bonchev–Trinajstić information content (AvgIpc) is 2.73. The highest BCUT2D eigenvalue weighted by Gasteiger charge is 2.56. The second-order valence-corrected chi connectivity index (χ2v) is 8.69. The van der Waals surface area contributed by atoms with Crippen molar-refractivity contribution in [2.45, 2.75) is 70.8 Å². The first-order valence-corrected chi connectivity index (χ1v) is 8.85. The highest BCUT2D eigenvalue weighted by Crippen LogP contribution is 2.60. The van der Waals surface area contributed by atoms with Crippen LogP contribution in [-0.4, -0.2) is 16.5 Å². The van der Waals surface area contributed by atoms with Crippen molar-refractivity contribution in [1.29, 1.82) is 0 Å². The molecule has 0 radical (unpaired) electrons. The standard InChI is InChI=1S/C19H28O2/c1-18(21)9-7-13-12(11-18)3-4-15-14(13)8-10-19(2)16(15)5-6-17(19)20/h3,13-16,21H,4-11H2,1-2H3/t13-,14+,15+,16-,18-,19-/m0/s1. The van der Waals surface area contributed by atoms with E-state index in [1.807, 2.05) is 6.92 Å². The van der Waals surface area contributed by atoms with Crippen molar-refractivity contribution in [3.05, 3.63) is 11.6 Å². The molecule has 0 spiro atoms. The van der Waals surface area contributed by atoms with Crippen molar-refractivity contribution in [2.75, 3.05) is 0 Å². The molecule has 0 aromatic rings. The summed E-state index contributed by atoms with van der Waals surface area (Å²) >= 11 is 0. The van der Waals surface area contributed by atoms with Crippen molar-refractivity contribution < 1.29 is 9.90 Å². The molecule has 0 bridgehead atoms. The number of rotatable bonds is 0. The third-order valence-electron chi connectivity index (χ3n) is 7.43. The lowest BCUT2D eigenvalue weighted by molar-refractivity contribution is -0.130. The van der Waals surface area contributed by atoms with Gasteiger partial charge in [0.2, 0.25) is 0 Å².